The summed E-state index contributed by atoms with van der Waals surface area (Å²) in [6.45, 7) is 8.11. The second-order valence-corrected chi connectivity index (χ2v) is 8.75. The molecule has 0 bridgehead atoms. The van der Waals surface area contributed by atoms with Crippen LogP contribution in [0.2, 0.25) is 0 Å². The number of ether oxygens (including phenoxy) is 1. The zero-order chi connectivity index (χ0) is 19.8. The molecular weight excluding hydrogens is 360 g/mol. The molecule has 27 heavy (non-hydrogen) atoms. The number of aryl methyl sites for hydroxylation is 4. The van der Waals surface area contributed by atoms with Gasteiger partial charge in [0, 0.05) is 29.2 Å². The molecule has 0 atom stereocenters. The van der Waals surface area contributed by atoms with E-state index in [4.69, 9.17) is 4.74 Å². The molecule has 0 aliphatic heterocycles. The number of aromatic amines is 1. The normalized spacial score (nSPS) is 11.9. The van der Waals surface area contributed by atoms with Crippen molar-refractivity contribution >= 4 is 20.9 Å². The maximum absolute atomic E-state index is 12.8. The number of hydrogen-bond acceptors (Lipinski definition) is 3. The summed E-state index contributed by atoms with van der Waals surface area (Å²) in [4.78, 5) is 3.63. The molecule has 0 fully saturated rings. The quantitative estimate of drug-likeness (QED) is 0.674. The van der Waals surface area contributed by atoms with Crippen LogP contribution in [0.1, 0.15) is 27.9 Å². The number of methoxy groups -OCH3 is 1. The largest absolute Gasteiger partial charge is 0.496 e. The minimum absolute atomic E-state index is 0.261. The van der Waals surface area contributed by atoms with Gasteiger partial charge in [-0.1, -0.05) is 17.7 Å². The van der Waals surface area contributed by atoms with Crippen LogP contribution in [0.25, 0.3) is 10.9 Å². The molecule has 6 heteroatoms. The van der Waals surface area contributed by atoms with Crippen molar-refractivity contribution in [2.24, 2.45) is 0 Å². The Morgan fingerprint density at radius 3 is 2.48 bits per heavy atom. The lowest BCUT2D eigenvalue weighted by molar-refractivity contribution is 0.410. The number of rotatable bonds is 6. The molecule has 0 amide bonds. The number of aromatic nitrogens is 1. The van der Waals surface area contributed by atoms with Gasteiger partial charge in [0.15, 0.2) is 0 Å². The average Bonchev–Trinajstić information content (AvgIpc) is 2.90. The van der Waals surface area contributed by atoms with Crippen molar-refractivity contribution in [3.63, 3.8) is 0 Å². The Labute approximate surface area is 160 Å². The van der Waals surface area contributed by atoms with E-state index in [0.29, 0.717) is 24.3 Å². The first-order valence-electron chi connectivity index (χ1n) is 8.95. The van der Waals surface area contributed by atoms with E-state index in [1.165, 1.54) is 5.56 Å². The van der Waals surface area contributed by atoms with Gasteiger partial charge in [-0.15, -0.1) is 0 Å². The van der Waals surface area contributed by atoms with Crippen LogP contribution in [0.4, 0.5) is 0 Å². The van der Waals surface area contributed by atoms with E-state index in [0.717, 1.165) is 27.7 Å². The summed E-state index contributed by atoms with van der Waals surface area (Å²) in [5, 5.41) is 1.15. The molecule has 0 radical (unpaired) electrons. The molecule has 0 saturated carbocycles. The Kier molecular flexibility index (Phi) is 5.31. The maximum Gasteiger partial charge on any atom is 0.240 e. The number of sulfonamides is 1. The maximum atomic E-state index is 12.8. The van der Waals surface area contributed by atoms with Gasteiger partial charge in [0.05, 0.1) is 12.0 Å². The van der Waals surface area contributed by atoms with Crippen molar-refractivity contribution in [2.45, 2.75) is 39.0 Å². The minimum atomic E-state index is -3.61. The van der Waals surface area contributed by atoms with Crippen LogP contribution in [0.5, 0.6) is 5.75 Å². The van der Waals surface area contributed by atoms with Crippen LogP contribution in [-0.2, 0) is 16.4 Å². The lowest BCUT2D eigenvalue weighted by Crippen LogP contribution is -2.26. The first kappa shape index (κ1) is 19.5. The van der Waals surface area contributed by atoms with E-state index in [1.807, 2.05) is 19.9 Å². The van der Waals surface area contributed by atoms with Gasteiger partial charge in [0.25, 0.3) is 0 Å². The van der Waals surface area contributed by atoms with E-state index in [9.17, 15) is 8.42 Å². The highest BCUT2D eigenvalue weighted by molar-refractivity contribution is 7.89. The third-order valence-electron chi connectivity index (χ3n) is 4.92. The molecule has 1 heterocycles. The molecule has 0 unspecified atom stereocenters. The summed E-state index contributed by atoms with van der Waals surface area (Å²) in [5.74, 6) is 0.573. The molecule has 5 nitrogen and oxygen atoms in total. The topological polar surface area (TPSA) is 71.2 Å². The fourth-order valence-electron chi connectivity index (χ4n) is 3.53. The SMILES string of the molecule is COc1cc(S(=O)(=O)NCCc2c(C)[nH]c3ccc(C)cc23)c(C)cc1C. The second-order valence-electron chi connectivity index (χ2n) is 7.01. The van der Waals surface area contributed by atoms with Crippen LogP contribution in [-0.4, -0.2) is 27.1 Å². The van der Waals surface area contributed by atoms with Crippen molar-refractivity contribution < 1.29 is 13.2 Å². The van der Waals surface area contributed by atoms with E-state index < -0.39 is 10.0 Å². The Bertz CT molecular complexity index is 1100. The number of fused-ring (bicyclic) bond motifs is 1. The zero-order valence-corrected chi connectivity index (χ0v) is 17.3. The highest BCUT2D eigenvalue weighted by atomic mass is 32.2. The standard InChI is InChI=1S/C21H26N2O3S/c1-13-6-7-19-18(10-13)17(16(4)23-19)8-9-22-27(24,25)21-12-20(26-5)14(2)11-15(21)3/h6-7,10-12,22-23H,8-9H2,1-5H3. The zero-order valence-electron chi connectivity index (χ0n) is 16.4. The highest BCUT2D eigenvalue weighted by Crippen LogP contribution is 2.26. The molecule has 1 aromatic heterocycles. The fourth-order valence-corrected chi connectivity index (χ4v) is 4.80. The van der Waals surface area contributed by atoms with Crippen molar-refractivity contribution in [1.82, 2.24) is 9.71 Å². The summed E-state index contributed by atoms with van der Waals surface area (Å²) in [7, 11) is -2.06. The van der Waals surface area contributed by atoms with Crippen LogP contribution in [0.3, 0.4) is 0 Å². The fraction of sp³-hybridized carbons (Fsp3) is 0.333. The van der Waals surface area contributed by atoms with Gasteiger partial charge in [-0.05, 0) is 62.9 Å². The van der Waals surface area contributed by atoms with Gasteiger partial charge in [-0.3, -0.25) is 0 Å². The number of hydrogen-bond donors (Lipinski definition) is 2. The van der Waals surface area contributed by atoms with Crippen LogP contribution >= 0.6 is 0 Å². The van der Waals surface area contributed by atoms with Crippen molar-refractivity contribution in [3.8, 4) is 5.75 Å². The lowest BCUT2D eigenvalue weighted by Gasteiger charge is -2.13. The Hall–Kier alpha value is -2.31. The van der Waals surface area contributed by atoms with Crippen molar-refractivity contribution in [1.29, 1.82) is 0 Å². The average molecular weight is 387 g/mol. The molecule has 2 N–H and O–H groups in total. The van der Waals surface area contributed by atoms with Crippen LogP contribution in [0, 0.1) is 27.7 Å². The predicted octanol–water partition coefficient (Wildman–Crippen LogP) is 3.93. The van der Waals surface area contributed by atoms with Gasteiger partial charge in [-0.25, -0.2) is 13.1 Å². The van der Waals surface area contributed by atoms with Crippen molar-refractivity contribution in [3.05, 3.63) is 58.3 Å². The Morgan fingerprint density at radius 2 is 1.78 bits per heavy atom. The minimum Gasteiger partial charge on any atom is -0.496 e. The van der Waals surface area contributed by atoms with Crippen LogP contribution < -0.4 is 9.46 Å². The molecule has 0 aliphatic carbocycles. The van der Waals surface area contributed by atoms with E-state index in [-0.39, 0.29) is 4.90 Å². The first-order chi connectivity index (χ1) is 12.7. The second kappa shape index (κ2) is 7.37. The van der Waals surface area contributed by atoms with E-state index >= 15 is 0 Å². The predicted molar refractivity (Wildman–Crippen MR) is 109 cm³/mol. The molecule has 0 aliphatic rings. The number of H-pyrrole nitrogens is 1. The van der Waals surface area contributed by atoms with Gasteiger partial charge in [-0.2, -0.15) is 0 Å². The van der Waals surface area contributed by atoms with Gasteiger partial charge < -0.3 is 9.72 Å². The lowest BCUT2D eigenvalue weighted by atomic mass is 10.1. The molecule has 2 aromatic carbocycles. The number of benzene rings is 2. The third kappa shape index (κ3) is 3.87. The monoisotopic (exact) mass is 386 g/mol. The van der Waals surface area contributed by atoms with Crippen molar-refractivity contribution in [2.75, 3.05) is 13.7 Å². The summed E-state index contributed by atoms with van der Waals surface area (Å²) >= 11 is 0. The molecule has 0 saturated heterocycles. The van der Waals surface area contributed by atoms with Crippen LogP contribution in [0.15, 0.2) is 35.2 Å². The van der Waals surface area contributed by atoms with E-state index in [1.54, 1.807) is 20.1 Å². The number of nitrogens with one attached hydrogen (secondary N) is 2. The van der Waals surface area contributed by atoms with Gasteiger partial charge >= 0.3 is 0 Å². The van der Waals surface area contributed by atoms with Gasteiger partial charge in [0.1, 0.15) is 5.75 Å². The summed E-state index contributed by atoms with van der Waals surface area (Å²) in [5.41, 5.74) is 6.11. The Morgan fingerprint density at radius 1 is 1.04 bits per heavy atom. The molecule has 3 rings (SSSR count). The first-order valence-corrected chi connectivity index (χ1v) is 10.4. The molecular formula is C21H26N2O3S. The molecule has 0 spiro atoms. The Balaban J connectivity index is 1.81. The smallest absolute Gasteiger partial charge is 0.240 e. The molecule has 144 valence electrons. The van der Waals surface area contributed by atoms with Gasteiger partial charge in [0.2, 0.25) is 10.0 Å². The summed E-state index contributed by atoms with van der Waals surface area (Å²) in [6, 6.07) is 9.69. The summed E-state index contributed by atoms with van der Waals surface area (Å²) < 4.78 is 33.6. The summed E-state index contributed by atoms with van der Waals surface area (Å²) in [6.07, 6.45) is 0.622. The highest BCUT2D eigenvalue weighted by Gasteiger charge is 2.19. The van der Waals surface area contributed by atoms with E-state index in [2.05, 4.69) is 34.8 Å². The third-order valence-corrected chi connectivity index (χ3v) is 6.53. The molecule has 3 aromatic rings.